The highest BCUT2D eigenvalue weighted by Crippen LogP contribution is 2.25. The normalized spacial score (nSPS) is 14.6. The van der Waals surface area contributed by atoms with Crippen LogP contribution in [0.2, 0.25) is 0 Å². The van der Waals surface area contributed by atoms with E-state index in [1.54, 1.807) is 13.3 Å². The molecule has 0 spiro atoms. The van der Waals surface area contributed by atoms with Crippen molar-refractivity contribution >= 4 is 0 Å². The summed E-state index contributed by atoms with van der Waals surface area (Å²) < 4.78 is 11.4. The summed E-state index contributed by atoms with van der Waals surface area (Å²) >= 11 is 0. The first kappa shape index (κ1) is 19.6. The van der Waals surface area contributed by atoms with Crippen molar-refractivity contribution in [3.63, 3.8) is 0 Å². The Balaban J connectivity index is 1.52. The zero-order valence-electron chi connectivity index (χ0n) is 16.5. The highest BCUT2D eigenvalue weighted by Gasteiger charge is 2.18. The fourth-order valence-corrected chi connectivity index (χ4v) is 3.60. The van der Waals surface area contributed by atoms with Crippen LogP contribution >= 0.6 is 0 Å². The number of rotatable bonds is 10. The molecule has 0 amide bonds. The van der Waals surface area contributed by atoms with Gasteiger partial charge >= 0.3 is 0 Å². The maximum atomic E-state index is 6.01. The molecule has 1 saturated carbocycles. The molecule has 0 atom stereocenters. The Morgan fingerprint density at radius 2 is 2.04 bits per heavy atom. The monoisotopic (exact) mass is 369 g/mol. The summed E-state index contributed by atoms with van der Waals surface area (Å²) in [5.74, 6) is 1.72. The first-order valence-corrected chi connectivity index (χ1v) is 9.87. The molecule has 1 N–H and O–H groups in total. The van der Waals surface area contributed by atoms with Crippen LogP contribution in [0.25, 0.3) is 0 Å². The summed E-state index contributed by atoms with van der Waals surface area (Å²) in [7, 11) is 3.93. The second-order valence-corrected chi connectivity index (χ2v) is 7.18. The SMILES string of the molecule is COc1ccc(OCc2ccccn2)c(CNCCN(C)C2CCCC2)c1. The van der Waals surface area contributed by atoms with Gasteiger partial charge in [-0.25, -0.2) is 0 Å². The smallest absolute Gasteiger partial charge is 0.130 e. The van der Waals surface area contributed by atoms with Crippen LogP contribution in [0.5, 0.6) is 11.5 Å². The Bertz CT molecular complexity index is 687. The van der Waals surface area contributed by atoms with Gasteiger partial charge in [-0.05, 0) is 50.2 Å². The van der Waals surface area contributed by atoms with E-state index < -0.39 is 0 Å². The number of hydrogen-bond donors (Lipinski definition) is 1. The van der Waals surface area contributed by atoms with Crippen molar-refractivity contribution in [3.8, 4) is 11.5 Å². The minimum absolute atomic E-state index is 0.463. The number of pyridine rings is 1. The molecule has 27 heavy (non-hydrogen) atoms. The maximum Gasteiger partial charge on any atom is 0.130 e. The van der Waals surface area contributed by atoms with Crippen LogP contribution in [0.4, 0.5) is 0 Å². The average molecular weight is 370 g/mol. The third kappa shape index (κ3) is 5.94. The third-order valence-electron chi connectivity index (χ3n) is 5.27. The van der Waals surface area contributed by atoms with E-state index in [9.17, 15) is 0 Å². The molecule has 1 aromatic heterocycles. The van der Waals surface area contributed by atoms with Gasteiger partial charge in [0.15, 0.2) is 0 Å². The number of nitrogens with one attached hydrogen (secondary N) is 1. The Morgan fingerprint density at radius 3 is 2.78 bits per heavy atom. The van der Waals surface area contributed by atoms with E-state index in [4.69, 9.17) is 9.47 Å². The molecule has 1 aliphatic carbocycles. The van der Waals surface area contributed by atoms with Gasteiger partial charge in [0.2, 0.25) is 0 Å². The third-order valence-corrected chi connectivity index (χ3v) is 5.27. The minimum atomic E-state index is 0.463. The van der Waals surface area contributed by atoms with E-state index in [2.05, 4.69) is 22.2 Å². The minimum Gasteiger partial charge on any atom is -0.497 e. The Kier molecular flexibility index (Phi) is 7.48. The van der Waals surface area contributed by atoms with Gasteiger partial charge in [0.25, 0.3) is 0 Å². The Hall–Kier alpha value is -2.11. The largest absolute Gasteiger partial charge is 0.497 e. The Morgan fingerprint density at radius 1 is 1.19 bits per heavy atom. The first-order valence-electron chi connectivity index (χ1n) is 9.87. The van der Waals surface area contributed by atoms with E-state index in [0.717, 1.165) is 48.4 Å². The quantitative estimate of drug-likeness (QED) is 0.648. The number of aromatic nitrogens is 1. The molecule has 0 saturated heterocycles. The van der Waals surface area contributed by atoms with Crippen molar-refractivity contribution in [1.82, 2.24) is 15.2 Å². The lowest BCUT2D eigenvalue weighted by molar-refractivity contribution is 0.245. The van der Waals surface area contributed by atoms with Crippen molar-refractivity contribution in [2.24, 2.45) is 0 Å². The molecule has 1 fully saturated rings. The lowest BCUT2D eigenvalue weighted by atomic mass is 10.2. The zero-order valence-corrected chi connectivity index (χ0v) is 16.5. The predicted molar refractivity (Wildman–Crippen MR) is 108 cm³/mol. The molecule has 5 nitrogen and oxygen atoms in total. The summed E-state index contributed by atoms with van der Waals surface area (Å²) in [5, 5.41) is 3.55. The van der Waals surface area contributed by atoms with Gasteiger partial charge in [0, 0.05) is 37.4 Å². The van der Waals surface area contributed by atoms with Crippen molar-refractivity contribution in [3.05, 3.63) is 53.9 Å². The molecule has 146 valence electrons. The second-order valence-electron chi connectivity index (χ2n) is 7.18. The second kappa shape index (κ2) is 10.3. The van der Waals surface area contributed by atoms with Crippen LogP contribution in [0.1, 0.15) is 36.9 Å². The van der Waals surface area contributed by atoms with E-state index in [1.165, 1.54) is 25.7 Å². The fraction of sp³-hybridized carbons (Fsp3) is 0.500. The highest BCUT2D eigenvalue weighted by atomic mass is 16.5. The fourth-order valence-electron chi connectivity index (χ4n) is 3.60. The topological polar surface area (TPSA) is 46.6 Å². The summed E-state index contributed by atoms with van der Waals surface area (Å²) in [4.78, 5) is 6.81. The number of likely N-dealkylation sites (N-methyl/N-ethyl adjacent to an activating group) is 1. The predicted octanol–water partition coefficient (Wildman–Crippen LogP) is 3.63. The van der Waals surface area contributed by atoms with E-state index in [-0.39, 0.29) is 0 Å². The molecular weight excluding hydrogens is 338 g/mol. The lowest BCUT2D eigenvalue weighted by Crippen LogP contribution is -2.35. The molecule has 1 heterocycles. The van der Waals surface area contributed by atoms with Crippen LogP contribution < -0.4 is 14.8 Å². The van der Waals surface area contributed by atoms with Crippen LogP contribution in [0, 0.1) is 0 Å². The molecule has 0 radical (unpaired) electrons. The average Bonchev–Trinajstić information content (AvgIpc) is 3.25. The number of methoxy groups -OCH3 is 1. The highest BCUT2D eigenvalue weighted by molar-refractivity contribution is 5.40. The number of hydrogen-bond acceptors (Lipinski definition) is 5. The van der Waals surface area contributed by atoms with Gasteiger partial charge in [0.1, 0.15) is 18.1 Å². The van der Waals surface area contributed by atoms with Crippen LogP contribution in [0.15, 0.2) is 42.6 Å². The van der Waals surface area contributed by atoms with E-state index in [0.29, 0.717) is 6.61 Å². The van der Waals surface area contributed by atoms with Crippen molar-refractivity contribution in [2.45, 2.75) is 44.9 Å². The lowest BCUT2D eigenvalue weighted by Gasteiger charge is -2.24. The number of ether oxygens (including phenoxy) is 2. The summed E-state index contributed by atoms with van der Waals surface area (Å²) in [6, 6.07) is 12.6. The van der Waals surface area contributed by atoms with Gasteiger partial charge in [-0.1, -0.05) is 18.9 Å². The van der Waals surface area contributed by atoms with Crippen LogP contribution in [0.3, 0.4) is 0 Å². The standard InChI is InChI=1S/C22H31N3O2/c1-25(20-8-3-4-9-20)14-13-23-16-18-15-21(26-2)10-11-22(18)27-17-19-7-5-6-12-24-19/h5-7,10-12,15,20,23H,3-4,8-9,13-14,16-17H2,1-2H3. The van der Waals surface area contributed by atoms with E-state index >= 15 is 0 Å². The van der Waals surface area contributed by atoms with Crippen molar-refractivity contribution in [2.75, 3.05) is 27.2 Å². The van der Waals surface area contributed by atoms with Gasteiger partial charge in [0.05, 0.1) is 12.8 Å². The van der Waals surface area contributed by atoms with Crippen molar-refractivity contribution in [1.29, 1.82) is 0 Å². The molecular formula is C22H31N3O2. The number of benzene rings is 1. The molecule has 1 aliphatic rings. The van der Waals surface area contributed by atoms with Crippen LogP contribution in [-0.4, -0.2) is 43.2 Å². The van der Waals surface area contributed by atoms with Gasteiger partial charge in [-0.15, -0.1) is 0 Å². The molecule has 5 heteroatoms. The van der Waals surface area contributed by atoms with Crippen molar-refractivity contribution < 1.29 is 9.47 Å². The Labute approximate surface area is 162 Å². The first-order chi connectivity index (χ1) is 13.3. The van der Waals surface area contributed by atoms with Gasteiger partial charge in [-0.3, -0.25) is 4.98 Å². The molecule has 0 aliphatic heterocycles. The van der Waals surface area contributed by atoms with E-state index in [1.807, 2.05) is 36.4 Å². The summed E-state index contributed by atoms with van der Waals surface area (Å²) in [5.41, 5.74) is 2.03. The molecule has 2 aromatic rings. The molecule has 1 aromatic carbocycles. The van der Waals surface area contributed by atoms with Gasteiger partial charge in [-0.2, -0.15) is 0 Å². The maximum absolute atomic E-state index is 6.01. The summed E-state index contributed by atoms with van der Waals surface area (Å²) in [6.45, 7) is 3.25. The zero-order chi connectivity index (χ0) is 18.9. The molecule has 0 unspecified atom stereocenters. The summed E-state index contributed by atoms with van der Waals surface area (Å²) in [6.07, 6.45) is 7.23. The number of nitrogens with zero attached hydrogens (tertiary/aromatic N) is 2. The molecule has 3 rings (SSSR count). The van der Waals surface area contributed by atoms with Crippen LogP contribution in [-0.2, 0) is 13.2 Å². The van der Waals surface area contributed by atoms with Gasteiger partial charge < -0.3 is 19.7 Å². The molecule has 0 bridgehead atoms.